The van der Waals surface area contributed by atoms with Crippen LogP contribution in [0.1, 0.15) is 17.4 Å². The van der Waals surface area contributed by atoms with Crippen molar-refractivity contribution in [3.8, 4) is 0 Å². The summed E-state index contributed by atoms with van der Waals surface area (Å²) in [6.07, 6.45) is 0.334. The number of epoxide rings is 1. The summed E-state index contributed by atoms with van der Waals surface area (Å²) in [6.45, 7) is 2.88. The number of hydrogen-bond acceptors (Lipinski definition) is 2. The molecule has 3 rings (SSSR count). The molecule has 1 aromatic heterocycles. The van der Waals surface area contributed by atoms with E-state index in [1.165, 1.54) is 10.9 Å². The van der Waals surface area contributed by atoms with E-state index in [1.807, 2.05) is 13.0 Å². The molecule has 70 valence electrons. The van der Waals surface area contributed by atoms with Gasteiger partial charge >= 0.3 is 0 Å². The van der Waals surface area contributed by atoms with Crippen LogP contribution < -0.4 is 0 Å². The van der Waals surface area contributed by atoms with Crippen molar-refractivity contribution < 1.29 is 4.74 Å². The second-order valence-corrected chi connectivity index (χ2v) is 3.73. The highest BCUT2D eigenvalue weighted by Crippen LogP contribution is 2.31. The van der Waals surface area contributed by atoms with Crippen LogP contribution >= 0.6 is 0 Å². The lowest BCUT2D eigenvalue weighted by Crippen LogP contribution is -1.85. The molecule has 0 radical (unpaired) electrons. The standard InChI is InChI=1S/C12H11NO/c1-8-2-3-9-6-10(12-7-14-12)4-5-11(9)13-8/h2-6,12H,7H2,1H3/t12-/m0/s1. The number of rotatable bonds is 1. The summed E-state index contributed by atoms with van der Waals surface area (Å²) in [5.41, 5.74) is 3.39. The number of ether oxygens (including phenoxy) is 1. The minimum atomic E-state index is 0.334. The molecule has 1 aliphatic rings. The summed E-state index contributed by atoms with van der Waals surface area (Å²) in [5.74, 6) is 0. The van der Waals surface area contributed by atoms with E-state index in [0.29, 0.717) is 6.10 Å². The van der Waals surface area contributed by atoms with Gasteiger partial charge in [-0.05, 0) is 30.7 Å². The molecule has 0 spiro atoms. The van der Waals surface area contributed by atoms with Crippen molar-refractivity contribution in [3.63, 3.8) is 0 Å². The molecular weight excluding hydrogens is 174 g/mol. The maximum absolute atomic E-state index is 5.25. The van der Waals surface area contributed by atoms with Gasteiger partial charge in [-0.1, -0.05) is 12.1 Å². The molecule has 1 aromatic carbocycles. The van der Waals surface area contributed by atoms with E-state index in [2.05, 4.69) is 29.2 Å². The molecule has 1 aliphatic heterocycles. The number of aromatic nitrogens is 1. The topological polar surface area (TPSA) is 25.4 Å². The van der Waals surface area contributed by atoms with E-state index in [4.69, 9.17) is 4.74 Å². The monoisotopic (exact) mass is 185 g/mol. The smallest absolute Gasteiger partial charge is 0.106 e. The Kier molecular flexibility index (Phi) is 1.58. The van der Waals surface area contributed by atoms with Crippen LogP contribution in [0.2, 0.25) is 0 Å². The number of pyridine rings is 1. The third-order valence-electron chi connectivity index (χ3n) is 2.56. The highest BCUT2D eigenvalue weighted by atomic mass is 16.6. The Morgan fingerprint density at radius 1 is 1.29 bits per heavy atom. The molecule has 0 saturated carbocycles. The molecule has 0 aliphatic carbocycles. The van der Waals surface area contributed by atoms with Crippen LogP contribution in [0.25, 0.3) is 10.9 Å². The largest absolute Gasteiger partial charge is 0.368 e. The van der Waals surface area contributed by atoms with E-state index in [9.17, 15) is 0 Å². The summed E-state index contributed by atoms with van der Waals surface area (Å²) in [4.78, 5) is 4.46. The summed E-state index contributed by atoms with van der Waals surface area (Å²) >= 11 is 0. The van der Waals surface area contributed by atoms with Gasteiger partial charge in [-0.2, -0.15) is 0 Å². The molecular formula is C12H11NO. The predicted octanol–water partition coefficient (Wildman–Crippen LogP) is 2.61. The number of hydrogen-bond donors (Lipinski definition) is 0. The zero-order chi connectivity index (χ0) is 9.54. The van der Waals surface area contributed by atoms with Gasteiger partial charge in [0.05, 0.1) is 12.1 Å². The van der Waals surface area contributed by atoms with Crippen molar-refractivity contribution in [3.05, 3.63) is 41.6 Å². The van der Waals surface area contributed by atoms with Crippen molar-refractivity contribution in [1.82, 2.24) is 4.98 Å². The average Bonchev–Trinajstić information content (AvgIpc) is 3.00. The van der Waals surface area contributed by atoms with Crippen LogP contribution in [-0.2, 0) is 4.74 Å². The highest BCUT2D eigenvalue weighted by molar-refractivity contribution is 5.79. The first kappa shape index (κ1) is 7.94. The van der Waals surface area contributed by atoms with Crippen LogP contribution in [-0.4, -0.2) is 11.6 Å². The fourth-order valence-electron chi connectivity index (χ4n) is 1.69. The van der Waals surface area contributed by atoms with E-state index < -0.39 is 0 Å². The molecule has 2 heterocycles. The molecule has 1 fully saturated rings. The summed E-state index contributed by atoms with van der Waals surface area (Å²) in [7, 11) is 0. The normalized spacial score (nSPS) is 19.9. The van der Waals surface area contributed by atoms with Crippen molar-refractivity contribution in [2.75, 3.05) is 6.61 Å². The molecule has 2 heteroatoms. The first-order valence-electron chi connectivity index (χ1n) is 4.82. The minimum absolute atomic E-state index is 0.334. The van der Waals surface area contributed by atoms with Crippen LogP contribution in [0.3, 0.4) is 0 Å². The van der Waals surface area contributed by atoms with Gasteiger partial charge in [0.15, 0.2) is 0 Å². The zero-order valence-electron chi connectivity index (χ0n) is 8.03. The Hall–Kier alpha value is -1.41. The number of aryl methyl sites for hydroxylation is 1. The SMILES string of the molecule is Cc1ccc2cc([C@@H]3CO3)ccc2n1. The first-order valence-corrected chi connectivity index (χ1v) is 4.82. The summed E-state index contributed by atoms with van der Waals surface area (Å²) in [6, 6.07) is 10.5. The average molecular weight is 185 g/mol. The van der Waals surface area contributed by atoms with E-state index in [-0.39, 0.29) is 0 Å². The van der Waals surface area contributed by atoms with E-state index >= 15 is 0 Å². The Morgan fingerprint density at radius 3 is 2.93 bits per heavy atom. The number of nitrogens with zero attached hydrogens (tertiary/aromatic N) is 1. The fourth-order valence-corrected chi connectivity index (χ4v) is 1.69. The molecule has 0 amide bonds. The Balaban J connectivity index is 2.18. The van der Waals surface area contributed by atoms with Gasteiger partial charge in [-0.3, -0.25) is 4.98 Å². The van der Waals surface area contributed by atoms with Crippen LogP contribution in [0.4, 0.5) is 0 Å². The lowest BCUT2D eigenvalue weighted by Gasteiger charge is -2.00. The third-order valence-corrected chi connectivity index (χ3v) is 2.56. The second kappa shape index (κ2) is 2.79. The molecule has 0 unspecified atom stereocenters. The highest BCUT2D eigenvalue weighted by Gasteiger charge is 2.24. The van der Waals surface area contributed by atoms with Gasteiger partial charge in [0.1, 0.15) is 6.10 Å². The maximum atomic E-state index is 5.25. The molecule has 14 heavy (non-hydrogen) atoms. The Bertz CT molecular complexity index is 489. The van der Waals surface area contributed by atoms with Gasteiger partial charge in [0, 0.05) is 11.1 Å². The van der Waals surface area contributed by atoms with Crippen LogP contribution in [0.5, 0.6) is 0 Å². The van der Waals surface area contributed by atoms with Gasteiger partial charge < -0.3 is 4.74 Å². The predicted molar refractivity (Wildman–Crippen MR) is 55.2 cm³/mol. The number of benzene rings is 1. The van der Waals surface area contributed by atoms with Crippen LogP contribution in [0.15, 0.2) is 30.3 Å². The summed E-state index contributed by atoms with van der Waals surface area (Å²) in [5, 5.41) is 1.20. The van der Waals surface area contributed by atoms with Gasteiger partial charge in [-0.15, -0.1) is 0 Å². The fraction of sp³-hybridized carbons (Fsp3) is 0.250. The van der Waals surface area contributed by atoms with Crippen molar-refractivity contribution >= 4 is 10.9 Å². The van der Waals surface area contributed by atoms with E-state index in [0.717, 1.165) is 17.8 Å². The van der Waals surface area contributed by atoms with Gasteiger partial charge in [0.2, 0.25) is 0 Å². The van der Waals surface area contributed by atoms with Crippen molar-refractivity contribution in [2.24, 2.45) is 0 Å². The summed E-state index contributed by atoms with van der Waals surface area (Å²) < 4.78 is 5.25. The zero-order valence-corrected chi connectivity index (χ0v) is 8.03. The maximum Gasteiger partial charge on any atom is 0.106 e. The molecule has 2 aromatic rings. The van der Waals surface area contributed by atoms with Crippen molar-refractivity contribution in [2.45, 2.75) is 13.0 Å². The second-order valence-electron chi connectivity index (χ2n) is 3.73. The van der Waals surface area contributed by atoms with Gasteiger partial charge in [-0.25, -0.2) is 0 Å². The quantitative estimate of drug-likeness (QED) is 0.638. The van der Waals surface area contributed by atoms with E-state index in [1.54, 1.807) is 0 Å². The van der Waals surface area contributed by atoms with Gasteiger partial charge in [0.25, 0.3) is 0 Å². The molecule has 2 nitrogen and oxygen atoms in total. The van der Waals surface area contributed by atoms with Crippen molar-refractivity contribution in [1.29, 1.82) is 0 Å². The van der Waals surface area contributed by atoms with Crippen LogP contribution in [0, 0.1) is 6.92 Å². The number of fused-ring (bicyclic) bond motifs is 1. The minimum Gasteiger partial charge on any atom is -0.368 e. The molecule has 0 bridgehead atoms. The Labute approximate surface area is 82.5 Å². The third kappa shape index (κ3) is 1.28. The first-order chi connectivity index (χ1) is 6.83. The lowest BCUT2D eigenvalue weighted by molar-refractivity contribution is 0.416. The Morgan fingerprint density at radius 2 is 2.14 bits per heavy atom. The molecule has 0 N–H and O–H groups in total. The lowest BCUT2D eigenvalue weighted by atomic mass is 10.1. The molecule has 1 saturated heterocycles. The molecule has 1 atom stereocenters.